The fraction of sp³-hybridized carbons (Fsp3) is 0.375. The van der Waals surface area contributed by atoms with Gasteiger partial charge >= 0.3 is 10.2 Å². The Morgan fingerprint density at radius 2 is 1.57 bits per heavy atom. The van der Waals surface area contributed by atoms with Gasteiger partial charge in [0.2, 0.25) is 11.8 Å². The maximum absolute atomic E-state index is 14.9. The maximum Gasteiger partial charge on any atom is 0.304 e. The van der Waals surface area contributed by atoms with E-state index in [1.54, 1.807) is 37.3 Å². The minimum Gasteiger partial charge on any atom is -0.354 e. The van der Waals surface area contributed by atoms with Gasteiger partial charge in [-0.3, -0.25) is 9.59 Å². The Morgan fingerprint density at radius 1 is 0.929 bits per heavy atom. The zero-order valence-electron chi connectivity index (χ0n) is 25.2. The van der Waals surface area contributed by atoms with Crippen molar-refractivity contribution in [2.75, 3.05) is 31.5 Å². The molecule has 0 bridgehead atoms. The first-order valence-electron chi connectivity index (χ1n) is 13.9. The second-order valence-electron chi connectivity index (χ2n) is 11.0. The first-order chi connectivity index (χ1) is 19.8. The van der Waals surface area contributed by atoms with E-state index in [0.29, 0.717) is 17.8 Å². The number of carbonyl (C=O) groups excluding carboxylic acids is 2. The number of nitrogens with zero attached hydrogens (tertiary/aromatic N) is 3. The number of nitrogens with one attached hydrogen (secondary N) is 1. The van der Waals surface area contributed by atoms with Crippen LogP contribution in [0.15, 0.2) is 72.8 Å². The summed E-state index contributed by atoms with van der Waals surface area (Å²) in [6, 6.07) is 19.6. The number of benzene rings is 3. The van der Waals surface area contributed by atoms with Crippen LogP contribution in [0, 0.1) is 25.6 Å². The molecule has 0 spiro atoms. The van der Waals surface area contributed by atoms with Gasteiger partial charge in [0.1, 0.15) is 18.4 Å². The Hall–Kier alpha value is -3.76. The topological polar surface area (TPSA) is 90.0 Å². The van der Waals surface area contributed by atoms with E-state index in [2.05, 4.69) is 5.32 Å². The monoisotopic (exact) mass is 596 g/mol. The smallest absolute Gasteiger partial charge is 0.304 e. The van der Waals surface area contributed by atoms with Gasteiger partial charge in [0.15, 0.2) is 0 Å². The Balaban J connectivity index is 2.13. The van der Waals surface area contributed by atoms with Crippen LogP contribution in [0.2, 0.25) is 0 Å². The lowest BCUT2D eigenvalue weighted by Crippen LogP contribution is -2.54. The normalized spacial score (nSPS) is 12.3. The van der Waals surface area contributed by atoms with Crippen LogP contribution in [0.5, 0.6) is 0 Å². The van der Waals surface area contributed by atoms with Gasteiger partial charge in [-0.2, -0.15) is 12.7 Å². The SMILES string of the molecule is Cc1ccc(C)c(N(CC(=O)N(Cc2ccccc2F)C(Cc2ccccc2)C(=O)NCC(C)C)S(=O)(=O)N(C)C)c1. The van der Waals surface area contributed by atoms with Crippen molar-refractivity contribution in [2.45, 2.75) is 46.7 Å². The summed E-state index contributed by atoms with van der Waals surface area (Å²) in [6.45, 7) is 7.11. The third kappa shape index (κ3) is 8.39. The number of anilines is 1. The number of halogens is 1. The molecule has 0 aromatic heterocycles. The highest BCUT2D eigenvalue weighted by Gasteiger charge is 2.35. The fourth-order valence-corrected chi connectivity index (χ4v) is 5.59. The van der Waals surface area contributed by atoms with E-state index < -0.39 is 40.4 Å². The third-order valence-electron chi connectivity index (χ3n) is 6.91. The molecule has 0 fully saturated rings. The summed E-state index contributed by atoms with van der Waals surface area (Å²) in [5.41, 5.74) is 2.86. The molecule has 1 N–H and O–H groups in total. The summed E-state index contributed by atoms with van der Waals surface area (Å²) < 4.78 is 44.2. The lowest BCUT2D eigenvalue weighted by molar-refractivity contribution is -0.140. The van der Waals surface area contributed by atoms with Gasteiger partial charge in [-0.05, 0) is 48.6 Å². The Morgan fingerprint density at radius 3 is 2.19 bits per heavy atom. The van der Waals surface area contributed by atoms with E-state index in [9.17, 15) is 22.4 Å². The van der Waals surface area contributed by atoms with Crippen LogP contribution in [0.3, 0.4) is 0 Å². The molecule has 0 saturated heterocycles. The van der Waals surface area contributed by atoms with E-state index >= 15 is 0 Å². The zero-order chi connectivity index (χ0) is 31.0. The molecule has 2 amide bonds. The highest BCUT2D eigenvalue weighted by Crippen LogP contribution is 2.26. The predicted octanol–water partition coefficient (Wildman–Crippen LogP) is 4.47. The minimum atomic E-state index is -4.12. The Labute approximate surface area is 249 Å². The molecule has 0 aliphatic rings. The van der Waals surface area contributed by atoms with Crippen LogP contribution in [0.25, 0.3) is 0 Å². The van der Waals surface area contributed by atoms with E-state index in [1.165, 1.54) is 25.1 Å². The lowest BCUT2D eigenvalue weighted by Gasteiger charge is -2.35. The molecule has 0 heterocycles. The molecule has 1 unspecified atom stereocenters. The van der Waals surface area contributed by atoms with Crippen LogP contribution in [-0.2, 0) is 32.8 Å². The average molecular weight is 597 g/mol. The van der Waals surface area contributed by atoms with Crippen molar-refractivity contribution in [3.63, 3.8) is 0 Å². The summed E-state index contributed by atoms with van der Waals surface area (Å²) in [5, 5.41) is 2.92. The quantitative estimate of drug-likeness (QED) is 0.315. The molecule has 0 saturated carbocycles. The molecule has 226 valence electrons. The van der Waals surface area contributed by atoms with Crippen LogP contribution in [0.1, 0.15) is 36.1 Å². The number of carbonyl (C=O) groups is 2. The number of aryl methyl sites for hydroxylation is 2. The second kappa shape index (κ2) is 14.4. The van der Waals surface area contributed by atoms with Gasteiger partial charge in [-0.1, -0.05) is 74.5 Å². The zero-order valence-corrected chi connectivity index (χ0v) is 26.0. The van der Waals surface area contributed by atoms with Crippen molar-refractivity contribution in [3.8, 4) is 0 Å². The minimum absolute atomic E-state index is 0.159. The average Bonchev–Trinajstić information content (AvgIpc) is 2.94. The molecular weight excluding hydrogens is 555 g/mol. The molecular formula is C32H41FN4O4S. The largest absolute Gasteiger partial charge is 0.354 e. The van der Waals surface area contributed by atoms with E-state index in [4.69, 9.17) is 0 Å². The molecule has 42 heavy (non-hydrogen) atoms. The molecule has 10 heteroatoms. The molecule has 3 rings (SSSR count). The first-order valence-corrected chi connectivity index (χ1v) is 15.3. The molecule has 3 aromatic rings. The molecule has 1 atom stereocenters. The van der Waals surface area contributed by atoms with Gasteiger partial charge in [-0.25, -0.2) is 8.70 Å². The van der Waals surface area contributed by atoms with Crippen molar-refractivity contribution in [1.82, 2.24) is 14.5 Å². The van der Waals surface area contributed by atoms with Gasteiger partial charge in [0.25, 0.3) is 0 Å². The summed E-state index contributed by atoms with van der Waals surface area (Å²) in [6.07, 6.45) is 0.162. The van der Waals surface area contributed by atoms with Gasteiger partial charge in [0.05, 0.1) is 5.69 Å². The second-order valence-corrected chi connectivity index (χ2v) is 13.1. The van der Waals surface area contributed by atoms with Crippen molar-refractivity contribution >= 4 is 27.7 Å². The first kappa shape index (κ1) is 32.8. The van der Waals surface area contributed by atoms with Crippen molar-refractivity contribution in [2.24, 2.45) is 5.92 Å². The maximum atomic E-state index is 14.9. The molecule has 3 aromatic carbocycles. The van der Waals surface area contributed by atoms with Crippen LogP contribution in [0.4, 0.5) is 10.1 Å². The Bertz CT molecular complexity index is 1480. The summed E-state index contributed by atoms with van der Waals surface area (Å²) in [5.74, 6) is -1.40. The standard InChI is InChI=1S/C32H41FN4O4S/c1-23(2)20-34-32(39)30(19-26-12-8-7-9-13-26)36(21-27-14-10-11-15-28(27)33)31(38)22-37(42(40,41)35(5)6)29-18-24(3)16-17-25(29)4/h7-18,23,30H,19-22H2,1-6H3,(H,34,39). The van der Waals surface area contributed by atoms with Crippen LogP contribution in [-0.4, -0.2) is 62.7 Å². The number of amides is 2. The number of hydrogen-bond acceptors (Lipinski definition) is 4. The summed E-state index contributed by atoms with van der Waals surface area (Å²) in [7, 11) is -1.33. The lowest BCUT2D eigenvalue weighted by atomic mass is 10.0. The highest BCUT2D eigenvalue weighted by atomic mass is 32.2. The molecule has 0 aliphatic carbocycles. The van der Waals surface area contributed by atoms with Gasteiger partial charge in [0, 0.05) is 39.2 Å². The predicted molar refractivity (Wildman–Crippen MR) is 165 cm³/mol. The van der Waals surface area contributed by atoms with Crippen LogP contribution < -0.4 is 9.62 Å². The van der Waals surface area contributed by atoms with Crippen LogP contribution >= 0.6 is 0 Å². The molecule has 8 nitrogen and oxygen atoms in total. The molecule has 0 aliphatic heterocycles. The van der Waals surface area contributed by atoms with E-state index in [-0.39, 0.29) is 24.4 Å². The molecule has 0 radical (unpaired) electrons. The van der Waals surface area contributed by atoms with Crippen molar-refractivity contribution < 1.29 is 22.4 Å². The summed E-state index contributed by atoms with van der Waals surface area (Å²) in [4.78, 5) is 29.3. The van der Waals surface area contributed by atoms with Gasteiger partial charge < -0.3 is 10.2 Å². The van der Waals surface area contributed by atoms with Crippen molar-refractivity contribution in [3.05, 3.63) is 101 Å². The van der Waals surface area contributed by atoms with Gasteiger partial charge in [-0.15, -0.1) is 0 Å². The van der Waals surface area contributed by atoms with E-state index in [1.807, 2.05) is 57.2 Å². The highest BCUT2D eigenvalue weighted by molar-refractivity contribution is 7.90. The summed E-state index contributed by atoms with van der Waals surface area (Å²) >= 11 is 0. The third-order valence-corrected chi connectivity index (χ3v) is 8.71. The van der Waals surface area contributed by atoms with E-state index in [0.717, 1.165) is 19.7 Å². The number of rotatable bonds is 13. The Kier molecular flexibility index (Phi) is 11.2. The van der Waals surface area contributed by atoms with Crippen molar-refractivity contribution in [1.29, 1.82) is 0 Å². The number of hydrogen-bond donors (Lipinski definition) is 1. The fourth-order valence-electron chi connectivity index (χ4n) is 4.48.